The maximum absolute atomic E-state index is 3.82. The van der Waals surface area contributed by atoms with Crippen molar-refractivity contribution in [3.8, 4) is 0 Å². The summed E-state index contributed by atoms with van der Waals surface area (Å²) in [6, 6.07) is 1.68. The normalized spacial score (nSPS) is 35.1. The van der Waals surface area contributed by atoms with Gasteiger partial charge in [-0.3, -0.25) is 4.90 Å². The van der Waals surface area contributed by atoms with E-state index in [1.807, 2.05) is 0 Å². The number of piperazine rings is 1. The van der Waals surface area contributed by atoms with Crippen LogP contribution >= 0.6 is 11.8 Å². The highest BCUT2D eigenvalue weighted by Gasteiger charge is 2.42. The second-order valence-corrected chi connectivity index (χ2v) is 7.34. The average molecular weight is 254 g/mol. The maximum Gasteiger partial charge on any atom is 0.0249 e. The molecule has 1 heterocycles. The van der Waals surface area contributed by atoms with E-state index in [0.29, 0.717) is 0 Å². The molecule has 2 unspecified atom stereocenters. The van der Waals surface area contributed by atoms with Gasteiger partial charge in [0.25, 0.3) is 0 Å². The Hall–Kier alpha value is 0.270. The number of nitrogens with zero attached hydrogens (tertiary/aromatic N) is 1. The third kappa shape index (κ3) is 3.18. The number of rotatable bonds is 6. The summed E-state index contributed by atoms with van der Waals surface area (Å²) in [4.78, 5) is 2.82. The average Bonchev–Trinajstić information content (AvgIpc) is 3.19. The highest BCUT2D eigenvalue weighted by molar-refractivity contribution is 7.99. The molecule has 3 aliphatic rings. The molecule has 2 atom stereocenters. The van der Waals surface area contributed by atoms with Crippen molar-refractivity contribution >= 4 is 11.8 Å². The molecule has 0 spiro atoms. The second kappa shape index (κ2) is 5.50. The molecule has 2 saturated carbocycles. The summed E-state index contributed by atoms with van der Waals surface area (Å²) in [6.45, 7) is 6.19. The van der Waals surface area contributed by atoms with Gasteiger partial charge in [-0.25, -0.2) is 0 Å². The number of hydrogen-bond acceptors (Lipinski definition) is 3. The molecular weight excluding hydrogens is 228 g/mol. The van der Waals surface area contributed by atoms with Gasteiger partial charge >= 0.3 is 0 Å². The van der Waals surface area contributed by atoms with Gasteiger partial charge in [0.1, 0.15) is 0 Å². The Kier molecular flexibility index (Phi) is 3.98. The molecule has 0 aromatic carbocycles. The molecule has 0 amide bonds. The van der Waals surface area contributed by atoms with E-state index in [1.54, 1.807) is 0 Å². The van der Waals surface area contributed by atoms with Gasteiger partial charge in [-0.15, -0.1) is 0 Å². The first-order valence-electron chi connectivity index (χ1n) is 7.43. The van der Waals surface area contributed by atoms with Crippen molar-refractivity contribution < 1.29 is 0 Å². The van der Waals surface area contributed by atoms with E-state index in [-0.39, 0.29) is 0 Å². The zero-order valence-electron chi connectivity index (χ0n) is 11.0. The van der Waals surface area contributed by atoms with Crippen LogP contribution in [0.4, 0.5) is 0 Å². The van der Waals surface area contributed by atoms with Gasteiger partial charge in [0, 0.05) is 37.5 Å². The Labute approximate surface area is 110 Å². The monoisotopic (exact) mass is 254 g/mol. The van der Waals surface area contributed by atoms with Crippen LogP contribution in [-0.4, -0.2) is 48.1 Å². The summed E-state index contributed by atoms with van der Waals surface area (Å²) in [7, 11) is 0. The molecule has 0 aromatic heterocycles. The van der Waals surface area contributed by atoms with Crippen molar-refractivity contribution in [3.05, 3.63) is 0 Å². The third-order valence-corrected chi connectivity index (χ3v) is 5.45. The molecule has 3 heteroatoms. The van der Waals surface area contributed by atoms with Gasteiger partial charge in [0.2, 0.25) is 0 Å². The summed E-state index contributed by atoms with van der Waals surface area (Å²) >= 11 is 2.10. The van der Waals surface area contributed by atoms with E-state index in [9.17, 15) is 0 Å². The van der Waals surface area contributed by atoms with E-state index in [0.717, 1.165) is 23.9 Å². The summed E-state index contributed by atoms with van der Waals surface area (Å²) in [5.41, 5.74) is 0. The van der Waals surface area contributed by atoms with Crippen LogP contribution in [0.1, 0.15) is 32.6 Å². The summed E-state index contributed by atoms with van der Waals surface area (Å²) in [5, 5.41) is 3.82. The van der Waals surface area contributed by atoms with E-state index < -0.39 is 0 Å². The zero-order valence-corrected chi connectivity index (χ0v) is 11.8. The van der Waals surface area contributed by atoms with Crippen molar-refractivity contribution in [2.75, 3.05) is 31.1 Å². The highest BCUT2D eigenvalue weighted by Crippen LogP contribution is 2.39. The van der Waals surface area contributed by atoms with E-state index >= 15 is 0 Å². The molecule has 1 aliphatic heterocycles. The number of nitrogens with one attached hydrogen (secondary N) is 1. The van der Waals surface area contributed by atoms with Crippen LogP contribution in [0.25, 0.3) is 0 Å². The van der Waals surface area contributed by atoms with Crippen molar-refractivity contribution in [2.24, 2.45) is 11.8 Å². The smallest absolute Gasteiger partial charge is 0.0249 e. The first-order valence-corrected chi connectivity index (χ1v) is 8.59. The Morgan fingerprint density at radius 3 is 2.59 bits per heavy atom. The summed E-state index contributed by atoms with van der Waals surface area (Å²) in [5.74, 6) is 4.63. The topological polar surface area (TPSA) is 15.3 Å². The van der Waals surface area contributed by atoms with Crippen LogP contribution in [-0.2, 0) is 0 Å². The van der Waals surface area contributed by atoms with Crippen molar-refractivity contribution in [3.63, 3.8) is 0 Å². The molecule has 0 radical (unpaired) electrons. The quantitative estimate of drug-likeness (QED) is 0.732. The van der Waals surface area contributed by atoms with Crippen LogP contribution in [0.15, 0.2) is 0 Å². The Balaban J connectivity index is 1.52. The summed E-state index contributed by atoms with van der Waals surface area (Å²) < 4.78 is 0. The lowest BCUT2D eigenvalue weighted by molar-refractivity contribution is 0.115. The van der Waals surface area contributed by atoms with Gasteiger partial charge in [-0.05, 0) is 43.3 Å². The molecule has 0 aromatic rings. The van der Waals surface area contributed by atoms with Gasteiger partial charge in [-0.2, -0.15) is 11.8 Å². The van der Waals surface area contributed by atoms with E-state index in [1.165, 1.54) is 56.8 Å². The Morgan fingerprint density at radius 2 is 1.94 bits per heavy atom. The van der Waals surface area contributed by atoms with E-state index in [4.69, 9.17) is 0 Å². The standard InChI is InChI=1S/C14H26N2S/c1-2-17-8-7-16-10-13(11-3-4-11)15-9-14(16)12-5-6-12/h11-15H,2-10H2,1H3. The van der Waals surface area contributed by atoms with E-state index in [2.05, 4.69) is 28.9 Å². The molecule has 1 N–H and O–H groups in total. The van der Waals surface area contributed by atoms with Crippen LogP contribution < -0.4 is 5.32 Å². The fourth-order valence-electron chi connectivity index (χ4n) is 3.20. The molecule has 2 aliphatic carbocycles. The van der Waals surface area contributed by atoms with Gasteiger partial charge in [0.15, 0.2) is 0 Å². The lowest BCUT2D eigenvalue weighted by Gasteiger charge is -2.41. The molecular formula is C14H26N2S. The fraction of sp³-hybridized carbons (Fsp3) is 1.00. The number of hydrogen-bond donors (Lipinski definition) is 1. The van der Waals surface area contributed by atoms with Crippen LogP contribution in [0.3, 0.4) is 0 Å². The predicted molar refractivity (Wildman–Crippen MR) is 75.6 cm³/mol. The van der Waals surface area contributed by atoms with Crippen molar-refractivity contribution in [2.45, 2.75) is 44.7 Å². The zero-order chi connectivity index (χ0) is 11.7. The minimum atomic E-state index is 0.816. The molecule has 0 bridgehead atoms. The fourth-order valence-corrected chi connectivity index (χ4v) is 3.85. The number of thioether (sulfide) groups is 1. The van der Waals surface area contributed by atoms with Gasteiger partial charge in [-0.1, -0.05) is 6.92 Å². The van der Waals surface area contributed by atoms with Crippen molar-refractivity contribution in [1.82, 2.24) is 10.2 Å². The van der Waals surface area contributed by atoms with Crippen molar-refractivity contribution in [1.29, 1.82) is 0 Å². The molecule has 2 nitrogen and oxygen atoms in total. The highest BCUT2D eigenvalue weighted by atomic mass is 32.2. The molecule has 1 saturated heterocycles. The molecule has 98 valence electrons. The predicted octanol–water partition coefficient (Wildman–Crippen LogP) is 2.20. The maximum atomic E-state index is 3.82. The SMILES string of the molecule is CCSCCN1CC(C2CC2)NCC1C1CC1. The summed E-state index contributed by atoms with van der Waals surface area (Å²) in [6.07, 6.45) is 5.92. The first kappa shape index (κ1) is 12.3. The van der Waals surface area contributed by atoms with Crippen LogP contribution in [0.5, 0.6) is 0 Å². The second-order valence-electron chi connectivity index (χ2n) is 5.95. The molecule has 17 heavy (non-hydrogen) atoms. The minimum absolute atomic E-state index is 0.816. The van der Waals surface area contributed by atoms with Gasteiger partial charge in [0.05, 0.1) is 0 Å². The third-order valence-electron chi connectivity index (χ3n) is 4.57. The van der Waals surface area contributed by atoms with Gasteiger partial charge < -0.3 is 5.32 Å². The largest absolute Gasteiger partial charge is 0.311 e. The van der Waals surface area contributed by atoms with Crippen LogP contribution in [0.2, 0.25) is 0 Å². The Morgan fingerprint density at radius 1 is 1.18 bits per heavy atom. The lowest BCUT2D eigenvalue weighted by Crippen LogP contribution is -2.58. The molecule has 3 rings (SSSR count). The first-order chi connectivity index (χ1) is 8.38. The minimum Gasteiger partial charge on any atom is -0.311 e. The molecule has 3 fully saturated rings. The lowest BCUT2D eigenvalue weighted by atomic mass is 10.0. The van der Waals surface area contributed by atoms with Crippen LogP contribution in [0, 0.1) is 11.8 Å². The Bertz CT molecular complexity index is 251.